The summed E-state index contributed by atoms with van der Waals surface area (Å²) in [7, 11) is 0. The summed E-state index contributed by atoms with van der Waals surface area (Å²) in [5.74, 6) is -2.69. The Kier molecular flexibility index (Phi) is 10.8. The number of imide groups is 1. The van der Waals surface area contributed by atoms with Gasteiger partial charge in [-0.2, -0.15) is 8.78 Å². The van der Waals surface area contributed by atoms with Crippen LogP contribution in [0.5, 0.6) is 11.5 Å². The maximum atomic E-state index is 14.8. The van der Waals surface area contributed by atoms with Crippen LogP contribution in [0.2, 0.25) is 10.0 Å². The number of amides is 4. The quantitative estimate of drug-likeness (QED) is 0.187. The van der Waals surface area contributed by atoms with Crippen molar-refractivity contribution in [2.45, 2.75) is 57.2 Å². The molecule has 0 bridgehead atoms. The van der Waals surface area contributed by atoms with E-state index in [2.05, 4.69) is 25.3 Å². The molecule has 2 fully saturated rings. The number of fused-ring (bicyclic) bond motifs is 1. The van der Waals surface area contributed by atoms with Crippen LogP contribution in [0.3, 0.4) is 0 Å². The summed E-state index contributed by atoms with van der Waals surface area (Å²) in [6, 6.07) is 5.73. The lowest BCUT2D eigenvalue weighted by Crippen LogP contribution is -2.52. The third kappa shape index (κ3) is 7.82. The maximum absolute atomic E-state index is 14.8. The Morgan fingerprint density at radius 3 is 2.48 bits per heavy atom. The van der Waals surface area contributed by atoms with E-state index in [4.69, 9.17) is 27.9 Å². The number of anilines is 1. The van der Waals surface area contributed by atoms with Gasteiger partial charge in [-0.05, 0) is 86.1 Å². The number of benzene rings is 2. The predicted molar refractivity (Wildman–Crippen MR) is 176 cm³/mol. The van der Waals surface area contributed by atoms with Crippen LogP contribution < -0.4 is 20.1 Å². The average Bonchev–Trinajstić information content (AvgIpc) is 3.40. The van der Waals surface area contributed by atoms with Crippen molar-refractivity contribution in [3.05, 3.63) is 80.8 Å². The molecule has 4 heterocycles. The second kappa shape index (κ2) is 15.2. The van der Waals surface area contributed by atoms with Gasteiger partial charge in [-0.3, -0.25) is 29.5 Å². The summed E-state index contributed by atoms with van der Waals surface area (Å²) in [6.45, 7) is -0.779. The number of piperidine rings is 2. The highest BCUT2D eigenvalue weighted by Crippen LogP contribution is 2.38. The number of ether oxygens (including phenoxy) is 2. The van der Waals surface area contributed by atoms with E-state index in [1.807, 2.05) is 0 Å². The Hall–Kier alpha value is -4.40. The first-order valence-electron chi connectivity index (χ1n) is 16.0. The highest BCUT2D eigenvalue weighted by Gasteiger charge is 2.41. The molecule has 264 valence electrons. The lowest BCUT2D eigenvalue weighted by molar-refractivity contribution is -0.136. The van der Waals surface area contributed by atoms with E-state index in [1.54, 1.807) is 0 Å². The number of aromatic nitrogens is 1. The maximum Gasteiger partial charge on any atom is 0.387 e. The molecule has 2 aromatic carbocycles. The smallest absolute Gasteiger partial charge is 0.387 e. The van der Waals surface area contributed by atoms with Crippen molar-refractivity contribution in [3.8, 4) is 11.5 Å². The Labute approximate surface area is 295 Å². The number of pyridine rings is 1. The van der Waals surface area contributed by atoms with Crippen molar-refractivity contribution >= 4 is 52.5 Å². The van der Waals surface area contributed by atoms with Gasteiger partial charge < -0.3 is 24.6 Å². The zero-order valence-electron chi connectivity index (χ0n) is 26.5. The third-order valence-corrected chi connectivity index (χ3v) is 9.65. The fourth-order valence-corrected chi connectivity index (χ4v) is 7.09. The van der Waals surface area contributed by atoms with Crippen molar-refractivity contribution in [1.82, 2.24) is 20.1 Å². The molecular formula is C34H32Cl2F3N5O6. The highest BCUT2D eigenvalue weighted by atomic mass is 35.5. The van der Waals surface area contributed by atoms with Gasteiger partial charge in [0.05, 0.1) is 22.3 Å². The monoisotopic (exact) mass is 733 g/mol. The fraction of sp³-hybridized carbons (Fsp3) is 0.382. The molecule has 1 aromatic heterocycles. The van der Waals surface area contributed by atoms with Gasteiger partial charge >= 0.3 is 6.61 Å². The van der Waals surface area contributed by atoms with Crippen LogP contribution in [0.4, 0.5) is 18.9 Å². The van der Waals surface area contributed by atoms with E-state index < -0.39 is 36.2 Å². The second-order valence-electron chi connectivity index (χ2n) is 12.2. The topological polar surface area (TPSA) is 130 Å². The van der Waals surface area contributed by atoms with E-state index in [0.717, 1.165) is 11.1 Å². The van der Waals surface area contributed by atoms with E-state index in [1.165, 1.54) is 47.6 Å². The van der Waals surface area contributed by atoms with Crippen LogP contribution in [-0.2, 0) is 16.1 Å². The molecule has 1 unspecified atom stereocenters. The van der Waals surface area contributed by atoms with Gasteiger partial charge in [0.1, 0.15) is 11.9 Å². The molecule has 3 aromatic rings. The summed E-state index contributed by atoms with van der Waals surface area (Å²) < 4.78 is 51.4. The second-order valence-corrected chi connectivity index (χ2v) is 13.0. The van der Waals surface area contributed by atoms with E-state index in [9.17, 15) is 32.3 Å². The van der Waals surface area contributed by atoms with Crippen molar-refractivity contribution in [3.63, 3.8) is 0 Å². The minimum Gasteiger partial charge on any atom is -0.490 e. The molecular weight excluding hydrogens is 702 g/mol. The third-order valence-electron chi connectivity index (χ3n) is 9.07. The Morgan fingerprint density at radius 2 is 1.78 bits per heavy atom. The van der Waals surface area contributed by atoms with Crippen molar-refractivity contribution in [2.24, 2.45) is 0 Å². The van der Waals surface area contributed by atoms with Gasteiger partial charge in [0, 0.05) is 43.0 Å². The molecule has 3 aliphatic rings. The first kappa shape index (κ1) is 35.4. The summed E-state index contributed by atoms with van der Waals surface area (Å²) in [5, 5.41) is 5.11. The van der Waals surface area contributed by atoms with Gasteiger partial charge in [0.2, 0.25) is 11.8 Å². The number of hydrogen-bond acceptors (Lipinski definition) is 8. The van der Waals surface area contributed by atoms with Crippen LogP contribution in [0.25, 0.3) is 0 Å². The summed E-state index contributed by atoms with van der Waals surface area (Å²) in [5.41, 5.74) is 1.98. The normalized spacial score (nSPS) is 18.3. The van der Waals surface area contributed by atoms with E-state index >= 15 is 0 Å². The van der Waals surface area contributed by atoms with Crippen molar-refractivity contribution in [1.29, 1.82) is 0 Å². The number of nitrogens with one attached hydrogen (secondary N) is 2. The number of likely N-dealkylation sites (tertiary alicyclic amines) is 1. The largest absolute Gasteiger partial charge is 0.490 e. The lowest BCUT2D eigenvalue weighted by Gasteiger charge is -2.33. The van der Waals surface area contributed by atoms with Crippen LogP contribution in [0.1, 0.15) is 69.9 Å². The Morgan fingerprint density at radius 1 is 1.04 bits per heavy atom. The zero-order valence-corrected chi connectivity index (χ0v) is 28.0. The predicted octanol–water partition coefficient (Wildman–Crippen LogP) is 5.79. The van der Waals surface area contributed by atoms with Gasteiger partial charge in [0.15, 0.2) is 11.5 Å². The van der Waals surface area contributed by atoms with Gasteiger partial charge in [0.25, 0.3) is 11.8 Å². The first-order chi connectivity index (χ1) is 24.0. The van der Waals surface area contributed by atoms with Crippen LogP contribution in [-0.4, -0.2) is 77.3 Å². The molecule has 0 radical (unpaired) electrons. The number of hydrogen-bond donors (Lipinski definition) is 2. The summed E-state index contributed by atoms with van der Waals surface area (Å²) in [4.78, 5) is 57.7. The van der Waals surface area contributed by atoms with Crippen molar-refractivity contribution in [2.75, 3.05) is 31.6 Å². The van der Waals surface area contributed by atoms with Crippen molar-refractivity contribution < 1.29 is 41.8 Å². The Balaban J connectivity index is 1.04. The number of carbonyl (C=O) groups is 4. The standard InChI is InChI=1S/C34H32Cl2F3N5O6/c35-24-15-40-16-25(36)30(24)42-31(46)19-2-4-27(50-34(38)39)28(12-19)49-11-1-8-43-9-6-18(7-10-43)21-13-20(37)14-22-23(21)17-44(33(22)48)26-3-5-29(45)41-32(26)47/h2,4,12-16,18,26,34H,1,3,5-11,17H2,(H,40,42,46)(H,41,45,47). The number of halogens is 5. The Bertz CT molecular complexity index is 1800. The number of nitrogens with zero attached hydrogens (tertiary/aromatic N) is 3. The molecule has 2 N–H and O–H groups in total. The molecule has 6 rings (SSSR count). The molecule has 1 atom stereocenters. The molecule has 2 saturated heterocycles. The van der Waals surface area contributed by atoms with Gasteiger partial charge in [-0.1, -0.05) is 23.2 Å². The molecule has 16 heteroatoms. The number of carbonyl (C=O) groups excluding carboxylic acids is 4. The van der Waals surface area contributed by atoms with Gasteiger partial charge in [-0.25, -0.2) is 4.39 Å². The zero-order chi connectivity index (χ0) is 35.5. The molecule has 11 nitrogen and oxygen atoms in total. The summed E-state index contributed by atoms with van der Waals surface area (Å²) in [6.07, 6.45) is 4.93. The SMILES string of the molecule is O=C1CCC(N2Cc3c(cc(F)cc3C3CCN(CCCOc4cc(C(=O)Nc5c(Cl)cncc5Cl)ccc4OC(F)F)CC3)C2=O)C(=O)N1. The fourth-order valence-electron chi connectivity index (χ4n) is 6.63. The van der Waals surface area contributed by atoms with E-state index in [-0.39, 0.29) is 76.2 Å². The van der Waals surface area contributed by atoms with Crippen LogP contribution >= 0.6 is 23.2 Å². The minimum atomic E-state index is -3.11. The molecule has 0 spiro atoms. The van der Waals surface area contributed by atoms with Crippen LogP contribution in [0.15, 0.2) is 42.7 Å². The van der Waals surface area contributed by atoms with E-state index in [0.29, 0.717) is 38.9 Å². The first-order valence-corrected chi connectivity index (χ1v) is 16.8. The lowest BCUT2D eigenvalue weighted by atomic mass is 9.85. The average molecular weight is 735 g/mol. The molecule has 0 aliphatic carbocycles. The summed E-state index contributed by atoms with van der Waals surface area (Å²) >= 11 is 12.2. The minimum absolute atomic E-state index is 0.00121. The molecule has 0 saturated carbocycles. The van der Waals surface area contributed by atoms with Gasteiger partial charge in [-0.15, -0.1) is 0 Å². The molecule has 50 heavy (non-hydrogen) atoms. The molecule has 4 amide bonds. The molecule has 3 aliphatic heterocycles. The number of alkyl halides is 2. The van der Waals surface area contributed by atoms with Crippen LogP contribution in [0, 0.1) is 5.82 Å². The highest BCUT2D eigenvalue weighted by molar-refractivity contribution is 6.39. The number of rotatable bonds is 11.